The number of fused-ring (bicyclic) bond motifs is 1. The largest absolute Gasteiger partial charge is 0.369 e. The predicted molar refractivity (Wildman–Crippen MR) is 120 cm³/mol. The van der Waals surface area contributed by atoms with E-state index in [-0.39, 0.29) is 11.7 Å². The van der Waals surface area contributed by atoms with Crippen molar-refractivity contribution in [2.24, 2.45) is 0 Å². The molecule has 2 heterocycles. The summed E-state index contributed by atoms with van der Waals surface area (Å²) < 4.78 is 15.1. The van der Waals surface area contributed by atoms with Crippen LogP contribution in [-0.2, 0) is 12.8 Å². The highest BCUT2D eigenvalue weighted by Crippen LogP contribution is 2.29. The third kappa shape index (κ3) is 3.93. The molecule has 1 aliphatic carbocycles. The van der Waals surface area contributed by atoms with Crippen molar-refractivity contribution in [1.82, 2.24) is 14.7 Å². The number of rotatable bonds is 4. The van der Waals surface area contributed by atoms with E-state index in [1.54, 1.807) is 16.8 Å². The zero-order valence-corrected chi connectivity index (χ0v) is 17.6. The molecule has 1 N–H and O–H groups in total. The molecule has 1 aliphatic heterocycles. The van der Waals surface area contributed by atoms with Gasteiger partial charge in [-0.15, -0.1) is 0 Å². The SMILES string of the molecule is CN1CCN(c2ccc(NC(=O)c3nn(-c4ccc(F)cc4)c4c3CCC4)cc2)CC1. The summed E-state index contributed by atoms with van der Waals surface area (Å²) in [7, 11) is 2.14. The minimum atomic E-state index is -0.287. The molecule has 0 atom stereocenters. The van der Waals surface area contributed by atoms with Gasteiger partial charge in [0.15, 0.2) is 5.69 Å². The van der Waals surface area contributed by atoms with Crippen molar-refractivity contribution < 1.29 is 9.18 Å². The molecule has 1 fully saturated rings. The van der Waals surface area contributed by atoms with Gasteiger partial charge in [-0.25, -0.2) is 9.07 Å². The maximum absolute atomic E-state index is 13.3. The fourth-order valence-electron chi connectivity index (χ4n) is 4.43. The summed E-state index contributed by atoms with van der Waals surface area (Å²) in [5, 5.41) is 7.59. The number of halogens is 1. The third-order valence-electron chi connectivity index (χ3n) is 6.21. The Hall–Kier alpha value is -3.19. The molecule has 0 unspecified atom stereocenters. The van der Waals surface area contributed by atoms with Gasteiger partial charge in [-0.05, 0) is 74.8 Å². The monoisotopic (exact) mass is 419 g/mol. The van der Waals surface area contributed by atoms with E-state index < -0.39 is 0 Å². The van der Waals surface area contributed by atoms with E-state index in [4.69, 9.17) is 0 Å². The lowest BCUT2D eigenvalue weighted by Gasteiger charge is -2.34. The van der Waals surface area contributed by atoms with Crippen LogP contribution in [0.4, 0.5) is 15.8 Å². The van der Waals surface area contributed by atoms with Crippen molar-refractivity contribution in [2.75, 3.05) is 43.4 Å². The topological polar surface area (TPSA) is 53.4 Å². The Morgan fingerprint density at radius 2 is 1.61 bits per heavy atom. The molecule has 0 bridgehead atoms. The van der Waals surface area contributed by atoms with Crippen molar-refractivity contribution in [3.63, 3.8) is 0 Å². The quantitative estimate of drug-likeness (QED) is 0.703. The van der Waals surface area contributed by atoms with Gasteiger partial charge in [0, 0.05) is 48.8 Å². The molecular weight excluding hydrogens is 393 g/mol. The van der Waals surface area contributed by atoms with E-state index in [1.165, 1.54) is 17.8 Å². The molecule has 0 radical (unpaired) electrons. The fraction of sp³-hybridized carbons (Fsp3) is 0.333. The maximum atomic E-state index is 13.3. The second-order valence-corrected chi connectivity index (χ2v) is 8.31. The van der Waals surface area contributed by atoms with Crippen LogP contribution in [0, 0.1) is 5.82 Å². The number of nitrogens with one attached hydrogen (secondary N) is 1. The predicted octanol–water partition coefficient (Wildman–Crippen LogP) is 3.50. The van der Waals surface area contributed by atoms with Crippen LogP contribution in [0.2, 0.25) is 0 Å². The number of hydrogen-bond donors (Lipinski definition) is 1. The molecular formula is C24H26FN5O. The van der Waals surface area contributed by atoms with Gasteiger partial charge in [-0.1, -0.05) is 0 Å². The smallest absolute Gasteiger partial charge is 0.276 e. The van der Waals surface area contributed by atoms with Crippen molar-refractivity contribution in [3.8, 4) is 5.69 Å². The van der Waals surface area contributed by atoms with Crippen molar-refractivity contribution >= 4 is 17.3 Å². The zero-order chi connectivity index (χ0) is 21.4. The number of hydrogen-bond acceptors (Lipinski definition) is 4. The van der Waals surface area contributed by atoms with Gasteiger partial charge in [0.25, 0.3) is 5.91 Å². The van der Waals surface area contributed by atoms with Crippen LogP contribution in [0.5, 0.6) is 0 Å². The van der Waals surface area contributed by atoms with Gasteiger partial charge < -0.3 is 15.1 Å². The van der Waals surface area contributed by atoms with E-state index in [9.17, 15) is 9.18 Å². The standard InChI is InChI=1S/C24H26FN5O/c1-28-13-15-29(16-14-28)19-11-7-18(8-12-19)26-24(31)23-21-3-2-4-22(21)30(27-23)20-9-5-17(25)6-10-20/h5-12H,2-4,13-16H2,1H3,(H,26,31). The summed E-state index contributed by atoms with van der Waals surface area (Å²) in [6, 6.07) is 14.2. The lowest BCUT2D eigenvalue weighted by atomic mass is 10.2. The number of carbonyl (C=O) groups excluding carboxylic acids is 1. The molecule has 5 rings (SSSR count). The summed E-state index contributed by atoms with van der Waals surface area (Å²) >= 11 is 0. The van der Waals surface area contributed by atoms with Crippen LogP contribution in [0.15, 0.2) is 48.5 Å². The summed E-state index contributed by atoms with van der Waals surface area (Å²) in [5.74, 6) is -0.489. The van der Waals surface area contributed by atoms with Crippen molar-refractivity contribution in [3.05, 3.63) is 71.3 Å². The second-order valence-electron chi connectivity index (χ2n) is 8.31. The number of likely N-dealkylation sites (N-methyl/N-ethyl adjacent to an activating group) is 1. The normalized spacial score (nSPS) is 16.4. The Morgan fingerprint density at radius 3 is 2.32 bits per heavy atom. The molecule has 2 aromatic carbocycles. The van der Waals surface area contributed by atoms with Crippen LogP contribution >= 0.6 is 0 Å². The van der Waals surface area contributed by atoms with E-state index in [0.717, 1.165) is 68.1 Å². The molecule has 3 aromatic rings. The van der Waals surface area contributed by atoms with E-state index in [1.807, 2.05) is 12.1 Å². The Morgan fingerprint density at radius 1 is 0.935 bits per heavy atom. The van der Waals surface area contributed by atoms with E-state index in [0.29, 0.717) is 5.69 Å². The number of amides is 1. The minimum Gasteiger partial charge on any atom is -0.369 e. The lowest BCUT2D eigenvalue weighted by molar-refractivity contribution is 0.102. The fourth-order valence-corrected chi connectivity index (χ4v) is 4.43. The highest BCUT2D eigenvalue weighted by Gasteiger charge is 2.27. The minimum absolute atomic E-state index is 0.202. The first-order valence-corrected chi connectivity index (χ1v) is 10.8. The van der Waals surface area contributed by atoms with Crippen LogP contribution in [0.3, 0.4) is 0 Å². The lowest BCUT2D eigenvalue weighted by Crippen LogP contribution is -2.44. The summed E-state index contributed by atoms with van der Waals surface area (Å²) in [4.78, 5) is 17.7. The summed E-state index contributed by atoms with van der Waals surface area (Å²) in [6.45, 7) is 4.13. The highest BCUT2D eigenvalue weighted by molar-refractivity contribution is 6.04. The summed E-state index contributed by atoms with van der Waals surface area (Å²) in [5.41, 5.74) is 5.20. The first-order valence-electron chi connectivity index (χ1n) is 10.8. The Kier molecular flexibility index (Phi) is 5.19. The first kappa shape index (κ1) is 19.8. The Bertz CT molecular complexity index is 1080. The van der Waals surface area contributed by atoms with Gasteiger partial charge >= 0.3 is 0 Å². The van der Waals surface area contributed by atoms with E-state index >= 15 is 0 Å². The number of carbonyl (C=O) groups is 1. The third-order valence-corrected chi connectivity index (χ3v) is 6.21. The van der Waals surface area contributed by atoms with Crippen LogP contribution in [-0.4, -0.2) is 53.8 Å². The zero-order valence-electron chi connectivity index (χ0n) is 17.6. The van der Waals surface area contributed by atoms with Gasteiger partial charge in [0.1, 0.15) is 5.82 Å². The molecule has 0 saturated carbocycles. The molecule has 1 amide bonds. The highest BCUT2D eigenvalue weighted by atomic mass is 19.1. The number of nitrogens with zero attached hydrogens (tertiary/aromatic N) is 4. The number of anilines is 2. The number of benzene rings is 2. The molecule has 1 aromatic heterocycles. The average molecular weight is 420 g/mol. The number of piperazine rings is 1. The second kappa shape index (κ2) is 8.15. The van der Waals surface area contributed by atoms with Crippen molar-refractivity contribution in [1.29, 1.82) is 0 Å². The van der Waals surface area contributed by atoms with Crippen LogP contribution in [0.25, 0.3) is 5.69 Å². The Balaban J connectivity index is 1.34. The van der Waals surface area contributed by atoms with Gasteiger partial charge in [-0.3, -0.25) is 4.79 Å². The molecule has 1 saturated heterocycles. The summed E-state index contributed by atoms with van der Waals surface area (Å²) in [6.07, 6.45) is 2.70. The average Bonchev–Trinajstić information content (AvgIpc) is 3.39. The van der Waals surface area contributed by atoms with Crippen molar-refractivity contribution in [2.45, 2.75) is 19.3 Å². The molecule has 2 aliphatic rings. The number of aromatic nitrogens is 2. The van der Waals surface area contributed by atoms with Crippen LogP contribution in [0.1, 0.15) is 28.2 Å². The molecule has 0 spiro atoms. The maximum Gasteiger partial charge on any atom is 0.276 e. The molecule has 160 valence electrons. The van der Waals surface area contributed by atoms with Gasteiger partial charge in [0.2, 0.25) is 0 Å². The van der Waals surface area contributed by atoms with E-state index in [2.05, 4.69) is 39.4 Å². The molecule has 7 heteroatoms. The van der Waals surface area contributed by atoms with Crippen LogP contribution < -0.4 is 10.2 Å². The molecule has 31 heavy (non-hydrogen) atoms. The molecule has 6 nitrogen and oxygen atoms in total. The van der Waals surface area contributed by atoms with Gasteiger partial charge in [0.05, 0.1) is 5.69 Å². The Labute approximate surface area is 181 Å². The first-order chi connectivity index (χ1) is 15.1. The van der Waals surface area contributed by atoms with Gasteiger partial charge in [-0.2, -0.15) is 5.10 Å².